The molecule has 0 radical (unpaired) electrons. The number of oxime groups is 1. The van der Waals surface area contributed by atoms with Crippen LogP contribution in [0.15, 0.2) is 23.4 Å². The van der Waals surface area contributed by atoms with Gasteiger partial charge in [-0.2, -0.15) is 0 Å². The average Bonchev–Trinajstić information content (AvgIpc) is 2.40. The van der Waals surface area contributed by atoms with Crippen molar-refractivity contribution in [1.29, 1.82) is 0 Å². The summed E-state index contributed by atoms with van der Waals surface area (Å²) in [7, 11) is 0. The van der Waals surface area contributed by atoms with Crippen molar-refractivity contribution >= 4 is 23.3 Å². The highest BCUT2D eigenvalue weighted by atomic mass is 35.5. The number of carbonyl (C=O) groups excluding carboxylic acids is 1. The van der Waals surface area contributed by atoms with Gasteiger partial charge in [-0.1, -0.05) is 23.7 Å². The minimum atomic E-state index is -1.01. The number of nitrogens with zero attached hydrogens (tertiary/aromatic N) is 1. The van der Waals surface area contributed by atoms with Crippen LogP contribution in [0.1, 0.15) is 30.6 Å². The molecular weight excluding hydrogens is 270 g/mol. The molecular formula is C12H16ClN3O3. The highest BCUT2D eigenvalue weighted by Gasteiger charge is 2.30. The Morgan fingerprint density at radius 1 is 1.58 bits per heavy atom. The highest BCUT2D eigenvalue weighted by Crippen LogP contribution is 2.22. The predicted octanol–water partition coefficient (Wildman–Crippen LogP) is 1.69. The SMILES string of the molecule is CCC(C)(NC(=O)c1cc(Cl)ccc1O)/C(N)=N/O. The van der Waals surface area contributed by atoms with Crippen LogP contribution in [-0.2, 0) is 0 Å². The van der Waals surface area contributed by atoms with E-state index in [9.17, 15) is 9.90 Å². The van der Waals surface area contributed by atoms with Gasteiger partial charge in [0, 0.05) is 5.02 Å². The molecule has 1 atom stereocenters. The average molecular weight is 286 g/mol. The maximum Gasteiger partial charge on any atom is 0.255 e. The molecule has 0 bridgehead atoms. The van der Waals surface area contributed by atoms with E-state index >= 15 is 0 Å². The molecule has 0 heterocycles. The van der Waals surface area contributed by atoms with Crippen LogP contribution < -0.4 is 11.1 Å². The Kier molecular flexibility index (Phi) is 4.61. The van der Waals surface area contributed by atoms with Gasteiger partial charge in [0.2, 0.25) is 0 Å². The van der Waals surface area contributed by atoms with Crippen molar-refractivity contribution in [3.05, 3.63) is 28.8 Å². The second-order valence-corrected chi connectivity index (χ2v) is 4.72. The van der Waals surface area contributed by atoms with Gasteiger partial charge in [-0.25, -0.2) is 0 Å². The zero-order valence-electron chi connectivity index (χ0n) is 10.6. The Morgan fingerprint density at radius 2 is 2.21 bits per heavy atom. The molecule has 1 aromatic carbocycles. The number of nitrogens with one attached hydrogen (secondary N) is 1. The maximum atomic E-state index is 12.1. The van der Waals surface area contributed by atoms with Crippen molar-refractivity contribution < 1.29 is 15.1 Å². The summed E-state index contributed by atoms with van der Waals surface area (Å²) in [6, 6.07) is 4.13. The summed E-state index contributed by atoms with van der Waals surface area (Å²) >= 11 is 5.78. The molecule has 104 valence electrons. The van der Waals surface area contributed by atoms with Crippen LogP contribution in [0.2, 0.25) is 5.02 Å². The third-order valence-electron chi connectivity index (χ3n) is 2.97. The molecule has 19 heavy (non-hydrogen) atoms. The smallest absolute Gasteiger partial charge is 0.255 e. The summed E-state index contributed by atoms with van der Waals surface area (Å²) in [6.45, 7) is 3.39. The fourth-order valence-electron chi connectivity index (χ4n) is 1.45. The Labute approximate surface area is 115 Å². The minimum absolute atomic E-state index is 0.0258. The van der Waals surface area contributed by atoms with Crippen LogP contribution in [0.25, 0.3) is 0 Å². The molecule has 0 saturated heterocycles. The number of rotatable bonds is 4. The van der Waals surface area contributed by atoms with Gasteiger partial charge < -0.3 is 21.4 Å². The van der Waals surface area contributed by atoms with Gasteiger partial charge in [0.1, 0.15) is 5.75 Å². The zero-order valence-corrected chi connectivity index (χ0v) is 11.4. The fourth-order valence-corrected chi connectivity index (χ4v) is 1.62. The third-order valence-corrected chi connectivity index (χ3v) is 3.21. The monoisotopic (exact) mass is 285 g/mol. The molecule has 6 nitrogen and oxygen atoms in total. The second kappa shape index (κ2) is 5.79. The molecule has 1 rings (SSSR count). The number of amides is 1. The van der Waals surface area contributed by atoms with Crippen molar-refractivity contribution in [1.82, 2.24) is 5.32 Å². The first-order valence-corrected chi connectivity index (χ1v) is 6.01. The summed E-state index contributed by atoms with van der Waals surface area (Å²) in [4.78, 5) is 12.1. The van der Waals surface area contributed by atoms with E-state index in [1.54, 1.807) is 13.8 Å². The van der Waals surface area contributed by atoms with Crippen molar-refractivity contribution in [2.45, 2.75) is 25.8 Å². The lowest BCUT2D eigenvalue weighted by atomic mass is 9.96. The van der Waals surface area contributed by atoms with Crippen LogP contribution in [-0.4, -0.2) is 27.6 Å². The van der Waals surface area contributed by atoms with Crippen LogP contribution in [0.5, 0.6) is 5.75 Å². The molecule has 0 spiro atoms. The standard InChI is InChI=1S/C12H16ClN3O3/c1-3-12(2,11(14)16-19)15-10(18)8-6-7(13)4-5-9(8)17/h4-6,17,19H,3H2,1-2H3,(H2,14,16)(H,15,18). The zero-order chi connectivity index (χ0) is 14.6. The Balaban J connectivity index is 3.05. The van der Waals surface area contributed by atoms with Gasteiger partial charge >= 0.3 is 0 Å². The van der Waals surface area contributed by atoms with Gasteiger partial charge in [-0.05, 0) is 31.5 Å². The summed E-state index contributed by atoms with van der Waals surface area (Å²) < 4.78 is 0. The van der Waals surface area contributed by atoms with Crippen molar-refractivity contribution in [2.75, 3.05) is 0 Å². The van der Waals surface area contributed by atoms with E-state index < -0.39 is 11.4 Å². The molecule has 7 heteroatoms. The number of hydrogen-bond donors (Lipinski definition) is 4. The number of carbonyl (C=O) groups is 1. The lowest BCUT2D eigenvalue weighted by Crippen LogP contribution is -2.55. The van der Waals surface area contributed by atoms with E-state index in [1.165, 1.54) is 18.2 Å². The molecule has 0 aliphatic carbocycles. The van der Waals surface area contributed by atoms with E-state index in [4.69, 9.17) is 22.5 Å². The number of aromatic hydroxyl groups is 1. The molecule has 0 aliphatic rings. The number of halogens is 1. The van der Waals surface area contributed by atoms with E-state index in [0.29, 0.717) is 11.4 Å². The topological polar surface area (TPSA) is 108 Å². The van der Waals surface area contributed by atoms with Crippen molar-refractivity contribution in [3.63, 3.8) is 0 Å². The normalized spacial score (nSPS) is 14.8. The first-order chi connectivity index (χ1) is 8.84. The second-order valence-electron chi connectivity index (χ2n) is 4.29. The van der Waals surface area contributed by atoms with Crippen LogP contribution in [0, 0.1) is 0 Å². The molecule has 5 N–H and O–H groups in total. The molecule has 1 amide bonds. The quantitative estimate of drug-likeness (QED) is 0.292. The maximum absolute atomic E-state index is 12.1. The predicted molar refractivity (Wildman–Crippen MR) is 72.7 cm³/mol. The number of amidine groups is 1. The van der Waals surface area contributed by atoms with Gasteiger partial charge in [-0.15, -0.1) is 0 Å². The Hall–Kier alpha value is -1.95. The number of hydrogen-bond acceptors (Lipinski definition) is 4. The lowest BCUT2D eigenvalue weighted by Gasteiger charge is -2.28. The van der Waals surface area contributed by atoms with Crippen LogP contribution >= 0.6 is 11.6 Å². The number of nitrogens with two attached hydrogens (primary N) is 1. The van der Waals surface area contributed by atoms with Crippen LogP contribution in [0.3, 0.4) is 0 Å². The molecule has 0 aromatic heterocycles. The summed E-state index contributed by atoms with van der Waals surface area (Å²) in [5.41, 5.74) is 4.57. The van der Waals surface area contributed by atoms with Crippen LogP contribution in [0.4, 0.5) is 0 Å². The summed E-state index contributed by atoms with van der Waals surface area (Å²) in [5.74, 6) is -0.874. The van der Waals surface area contributed by atoms with Gasteiger partial charge in [0.15, 0.2) is 5.84 Å². The summed E-state index contributed by atoms with van der Waals surface area (Å²) in [5, 5.41) is 24.2. The van der Waals surface area contributed by atoms with Crippen molar-refractivity contribution in [2.24, 2.45) is 10.9 Å². The minimum Gasteiger partial charge on any atom is -0.507 e. The fraction of sp³-hybridized carbons (Fsp3) is 0.333. The molecule has 0 fully saturated rings. The molecule has 1 unspecified atom stereocenters. The first-order valence-electron chi connectivity index (χ1n) is 5.63. The number of phenolic OH excluding ortho intramolecular Hbond substituents is 1. The van der Waals surface area contributed by atoms with E-state index in [1.807, 2.05) is 0 Å². The first kappa shape index (κ1) is 15.1. The van der Waals surface area contributed by atoms with E-state index in [-0.39, 0.29) is 17.1 Å². The van der Waals surface area contributed by atoms with E-state index in [0.717, 1.165) is 0 Å². The van der Waals surface area contributed by atoms with Gasteiger partial charge in [-0.3, -0.25) is 4.79 Å². The number of benzene rings is 1. The lowest BCUT2D eigenvalue weighted by molar-refractivity contribution is 0.0922. The molecule has 0 aliphatic heterocycles. The molecule has 0 saturated carbocycles. The number of phenols is 1. The Bertz CT molecular complexity index is 519. The van der Waals surface area contributed by atoms with Gasteiger partial charge in [0.05, 0.1) is 11.1 Å². The van der Waals surface area contributed by atoms with Gasteiger partial charge in [0.25, 0.3) is 5.91 Å². The van der Waals surface area contributed by atoms with E-state index in [2.05, 4.69) is 10.5 Å². The highest BCUT2D eigenvalue weighted by molar-refractivity contribution is 6.31. The Morgan fingerprint density at radius 3 is 2.74 bits per heavy atom. The molecule has 1 aromatic rings. The third kappa shape index (κ3) is 3.29. The summed E-state index contributed by atoms with van der Waals surface area (Å²) in [6.07, 6.45) is 0.413. The van der Waals surface area contributed by atoms with Crippen molar-refractivity contribution in [3.8, 4) is 5.75 Å². The largest absolute Gasteiger partial charge is 0.507 e.